The van der Waals surface area contributed by atoms with Gasteiger partial charge in [-0.25, -0.2) is 0 Å². The zero-order chi connectivity index (χ0) is 19.8. The van der Waals surface area contributed by atoms with Crippen LogP contribution in [0.1, 0.15) is 50.2 Å². The molecule has 0 bridgehead atoms. The number of halogens is 3. The Morgan fingerprint density at radius 2 is 1.89 bits per heavy atom. The average Bonchev–Trinajstić information content (AvgIpc) is 2.89. The zero-order valence-electron chi connectivity index (χ0n) is 14.8. The van der Waals surface area contributed by atoms with Gasteiger partial charge in [-0.3, -0.25) is 14.5 Å². The summed E-state index contributed by atoms with van der Waals surface area (Å²) in [6, 6.07) is 2.76. The topological polar surface area (TPSA) is 57.6 Å². The maximum Gasteiger partial charge on any atom is 0.419 e. The lowest BCUT2D eigenvalue weighted by Crippen LogP contribution is -2.42. The van der Waals surface area contributed by atoms with E-state index in [0.29, 0.717) is 0 Å². The molecule has 1 saturated carbocycles. The van der Waals surface area contributed by atoms with Crippen molar-refractivity contribution in [1.29, 1.82) is 0 Å². The van der Waals surface area contributed by atoms with Gasteiger partial charge in [-0.05, 0) is 61.2 Å². The van der Waals surface area contributed by atoms with E-state index in [-0.39, 0.29) is 27.7 Å². The molecule has 2 aliphatic rings. The average molecular weight is 399 g/mol. The van der Waals surface area contributed by atoms with Gasteiger partial charge in [0.15, 0.2) is 0 Å². The largest absolute Gasteiger partial charge is 0.507 e. The summed E-state index contributed by atoms with van der Waals surface area (Å²) in [6.45, 7) is 1.86. The van der Waals surface area contributed by atoms with Gasteiger partial charge in [0.05, 0.1) is 10.5 Å². The third-order valence-electron chi connectivity index (χ3n) is 5.19. The Hall–Kier alpha value is -1.96. The molecule has 27 heavy (non-hydrogen) atoms. The molecule has 1 atom stereocenters. The molecule has 0 spiro atoms. The van der Waals surface area contributed by atoms with Crippen LogP contribution in [0.25, 0.3) is 6.08 Å². The Kier molecular flexibility index (Phi) is 5.55. The first-order valence-electron chi connectivity index (χ1n) is 8.86. The van der Waals surface area contributed by atoms with E-state index in [1.807, 2.05) is 6.92 Å². The second-order valence-corrected chi connectivity index (χ2v) is 7.96. The fourth-order valence-corrected chi connectivity index (χ4v) is 4.60. The first kappa shape index (κ1) is 19.8. The number of thioether (sulfide) groups is 1. The molecular formula is C19H20F3NO3S. The van der Waals surface area contributed by atoms with Crippen molar-refractivity contribution in [3.8, 4) is 5.75 Å². The number of rotatable bonds is 3. The smallest absolute Gasteiger partial charge is 0.419 e. The molecule has 0 radical (unpaired) electrons. The number of phenolic OH excluding ortho intramolecular Hbond substituents is 1. The summed E-state index contributed by atoms with van der Waals surface area (Å²) in [5, 5.41) is 9.02. The van der Waals surface area contributed by atoms with Crippen LogP contribution in [0.4, 0.5) is 18.0 Å². The van der Waals surface area contributed by atoms with Crippen LogP contribution in [0.2, 0.25) is 0 Å². The summed E-state index contributed by atoms with van der Waals surface area (Å²) in [5.41, 5.74) is -1.07. The maximum atomic E-state index is 12.9. The molecule has 1 N–H and O–H groups in total. The van der Waals surface area contributed by atoms with Gasteiger partial charge < -0.3 is 5.11 Å². The number of alkyl halides is 3. The van der Waals surface area contributed by atoms with E-state index in [4.69, 9.17) is 0 Å². The van der Waals surface area contributed by atoms with Crippen molar-refractivity contribution >= 4 is 29.0 Å². The number of amides is 2. The third-order valence-corrected chi connectivity index (χ3v) is 6.07. The third kappa shape index (κ3) is 4.15. The summed E-state index contributed by atoms with van der Waals surface area (Å²) >= 11 is 0.741. The van der Waals surface area contributed by atoms with Crippen molar-refractivity contribution in [3.05, 3.63) is 34.2 Å². The Morgan fingerprint density at radius 1 is 1.22 bits per heavy atom. The molecule has 1 saturated heterocycles. The quantitative estimate of drug-likeness (QED) is 0.690. The van der Waals surface area contributed by atoms with Gasteiger partial charge in [-0.15, -0.1) is 0 Å². The summed E-state index contributed by atoms with van der Waals surface area (Å²) in [7, 11) is 0. The molecule has 2 amide bonds. The van der Waals surface area contributed by atoms with E-state index in [0.717, 1.165) is 56.0 Å². The van der Waals surface area contributed by atoms with Crippen molar-refractivity contribution in [3.63, 3.8) is 0 Å². The highest BCUT2D eigenvalue weighted by Crippen LogP contribution is 2.40. The van der Waals surface area contributed by atoms with Gasteiger partial charge in [0.2, 0.25) is 0 Å². The fourth-order valence-electron chi connectivity index (χ4n) is 3.68. The van der Waals surface area contributed by atoms with E-state index in [9.17, 15) is 27.9 Å². The lowest BCUT2D eigenvalue weighted by molar-refractivity contribution is -0.138. The molecule has 1 aliphatic carbocycles. The van der Waals surface area contributed by atoms with Gasteiger partial charge in [0, 0.05) is 6.04 Å². The Balaban J connectivity index is 1.84. The Labute approximate surface area is 159 Å². The molecule has 0 aromatic heterocycles. The van der Waals surface area contributed by atoms with Crippen LogP contribution in [0, 0.1) is 5.92 Å². The summed E-state index contributed by atoms with van der Waals surface area (Å²) in [5.74, 6) is -1.08. The van der Waals surface area contributed by atoms with Crippen LogP contribution in [-0.4, -0.2) is 27.2 Å². The predicted octanol–water partition coefficient (Wildman–Crippen LogP) is 5.42. The fraction of sp³-hybridized carbons (Fsp3) is 0.474. The number of hydrogen-bond acceptors (Lipinski definition) is 4. The molecule has 146 valence electrons. The van der Waals surface area contributed by atoms with E-state index in [1.54, 1.807) is 0 Å². The van der Waals surface area contributed by atoms with Crippen molar-refractivity contribution in [1.82, 2.24) is 4.90 Å². The minimum Gasteiger partial charge on any atom is -0.507 e. The van der Waals surface area contributed by atoms with Crippen LogP contribution < -0.4 is 0 Å². The van der Waals surface area contributed by atoms with Crippen LogP contribution >= 0.6 is 11.8 Å². The highest BCUT2D eigenvalue weighted by atomic mass is 32.2. The normalized spacial score (nSPS) is 21.9. The minimum absolute atomic E-state index is 0.0986. The molecule has 4 nitrogen and oxygen atoms in total. The van der Waals surface area contributed by atoms with E-state index in [1.165, 1.54) is 17.0 Å². The standard InChI is InChI=1S/C19H20F3NO3S/c1-11(13-5-3-2-4-6-13)23-17(25)16(27-18(23)26)10-12-7-8-15(24)14(9-12)19(20,21)22/h7-11,13,24H,2-6H2,1H3/b16-10-. The lowest BCUT2D eigenvalue weighted by atomic mass is 9.84. The van der Waals surface area contributed by atoms with E-state index >= 15 is 0 Å². The molecule has 1 heterocycles. The van der Waals surface area contributed by atoms with Crippen molar-refractivity contribution in [2.24, 2.45) is 5.92 Å². The molecule has 3 rings (SSSR count). The number of aromatic hydroxyl groups is 1. The molecule has 1 unspecified atom stereocenters. The zero-order valence-corrected chi connectivity index (χ0v) is 15.6. The Morgan fingerprint density at radius 3 is 2.52 bits per heavy atom. The van der Waals surface area contributed by atoms with Gasteiger partial charge in [-0.1, -0.05) is 25.3 Å². The number of imide groups is 1. The molecule has 1 aromatic rings. The van der Waals surface area contributed by atoms with Crippen LogP contribution in [0.5, 0.6) is 5.75 Å². The van der Waals surface area contributed by atoms with Gasteiger partial charge in [-0.2, -0.15) is 13.2 Å². The van der Waals surface area contributed by atoms with Crippen LogP contribution in [0.15, 0.2) is 23.1 Å². The van der Waals surface area contributed by atoms with Crippen LogP contribution in [-0.2, 0) is 11.0 Å². The highest BCUT2D eigenvalue weighted by molar-refractivity contribution is 8.18. The van der Waals surface area contributed by atoms with Gasteiger partial charge >= 0.3 is 6.18 Å². The number of carbonyl (C=O) groups excluding carboxylic acids is 2. The second-order valence-electron chi connectivity index (χ2n) is 6.96. The molecule has 1 aromatic carbocycles. The van der Waals surface area contributed by atoms with E-state index in [2.05, 4.69) is 0 Å². The highest BCUT2D eigenvalue weighted by Gasteiger charge is 2.41. The maximum absolute atomic E-state index is 12.9. The molecule has 8 heteroatoms. The monoisotopic (exact) mass is 399 g/mol. The van der Waals surface area contributed by atoms with Gasteiger partial charge in [0.25, 0.3) is 11.1 Å². The van der Waals surface area contributed by atoms with Crippen molar-refractivity contribution in [2.75, 3.05) is 0 Å². The number of nitrogens with zero attached hydrogens (tertiary/aromatic N) is 1. The summed E-state index contributed by atoms with van der Waals surface area (Å²) < 4.78 is 38.8. The number of carbonyl (C=O) groups is 2. The number of hydrogen-bond donors (Lipinski definition) is 1. The van der Waals surface area contributed by atoms with Crippen molar-refractivity contribution in [2.45, 2.75) is 51.2 Å². The van der Waals surface area contributed by atoms with Gasteiger partial charge in [0.1, 0.15) is 5.75 Å². The number of phenols is 1. The summed E-state index contributed by atoms with van der Waals surface area (Å²) in [6.07, 6.45) is 1.82. The molecule has 1 aliphatic heterocycles. The number of benzene rings is 1. The summed E-state index contributed by atoms with van der Waals surface area (Å²) in [4.78, 5) is 26.4. The lowest BCUT2D eigenvalue weighted by Gasteiger charge is -2.32. The predicted molar refractivity (Wildman–Crippen MR) is 97.0 cm³/mol. The van der Waals surface area contributed by atoms with Crippen molar-refractivity contribution < 1.29 is 27.9 Å². The first-order valence-corrected chi connectivity index (χ1v) is 9.67. The molecular weight excluding hydrogens is 379 g/mol. The SMILES string of the molecule is CC(C1CCCCC1)N1C(=O)S/C(=C\c2ccc(O)c(C(F)(F)F)c2)C1=O. The van der Waals surface area contributed by atoms with E-state index < -0.39 is 23.4 Å². The second kappa shape index (κ2) is 7.58. The first-order chi connectivity index (χ1) is 12.7. The minimum atomic E-state index is -4.71. The van der Waals surface area contributed by atoms with Crippen LogP contribution in [0.3, 0.4) is 0 Å². The molecule has 2 fully saturated rings. The Bertz CT molecular complexity index is 785.